The number of carbonyl (C=O) groups excluding carboxylic acids is 1. The van der Waals surface area contributed by atoms with E-state index in [2.05, 4.69) is 17.6 Å². The van der Waals surface area contributed by atoms with Crippen LogP contribution in [0.5, 0.6) is 0 Å². The van der Waals surface area contributed by atoms with E-state index in [9.17, 15) is 4.79 Å². The molecule has 0 aromatic rings. The molecule has 0 aromatic carbocycles. The average Bonchev–Trinajstić information content (AvgIpc) is 2.36. The Labute approximate surface area is 119 Å². The summed E-state index contributed by atoms with van der Waals surface area (Å²) in [6.07, 6.45) is 10.4. The van der Waals surface area contributed by atoms with Crippen molar-refractivity contribution in [1.29, 1.82) is 0 Å². The zero-order chi connectivity index (χ0) is 14.6. The molecule has 2 N–H and O–H groups in total. The first-order valence-electron chi connectivity index (χ1n) is 8.08. The number of unbranched alkanes of at least 4 members (excludes halogenated alkanes) is 7. The molecule has 1 amide bonds. The molecule has 0 spiro atoms. The van der Waals surface area contributed by atoms with Crippen molar-refractivity contribution in [1.82, 2.24) is 10.6 Å². The van der Waals surface area contributed by atoms with Crippen LogP contribution in [0.4, 0.5) is 0 Å². The summed E-state index contributed by atoms with van der Waals surface area (Å²) in [5.74, 6) is 0.109. The van der Waals surface area contributed by atoms with Crippen LogP contribution >= 0.6 is 0 Å². The lowest BCUT2D eigenvalue weighted by Gasteiger charge is -2.24. The molecule has 0 aliphatic rings. The summed E-state index contributed by atoms with van der Waals surface area (Å²) < 4.78 is 0. The van der Waals surface area contributed by atoms with E-state index >= 15 is 0 Å². The van der Waals surface area contributed by atoms with Gasteiger partial charge in [-0.2, -0.15) is 0 Å². The SMILES string of the molecule is CCCCCCCCCCNC(=O)C(C)(C)NCC. The number of hydrogen-bond donors (Lipinski definition) is 2. The number of amides is 1. The first kappa shape index (κ1) is 18.4. The molecule has 0 aliphatic carbocycles. The topological polar surface area (TPSA) is 41.1 Å². The molecule has 0 aliphatic heterocycles. The lowest BCUT2D eigenvalue weighted by atomic mass is 10.0. The van der Waals surface area contributed by atoms with Crippen molar-refractivity contribution in [3.8, 4) is 0 Å². The summed E-state index contributed by atoms with van der Waals surface area (Å²) in [5, 5.41) is 6.21. The van der Waals surface area contributed by atoms with Gasteiger partial charge in [-0.1, -0.05) is 58.8 Å². The summed E-state index contributed by atoms with van der Waals surface area (Å²) >= 11 is 0. The molecule has 114 valence electrons. The Morgan fingerprint density at radius 1 is 0.895 bits per heavy atom. The Morgan fingerprint density at radius 3 is 1.95 bits per heavy atom. The van der Waals surface area contributed by atoms with E-state index in [1.165, 1.54) is 44.9 Å². The summed E-state index contributed by atoms with van der Waals surface area (Å²) in [4.78, 5) is 11.9. The van der Waals surface area contributed by atoms with Crippen molar-refractivity contribution < 1.29 is 4.79 Å². The highest BCUT2D eigenvalue weighted by Crippen LogP contribution is 2.08. The number of carbonyl (C=O) groups is 1. The minimum Gasteiger partial charge on any atom is -0.355 e. The van der Waals surface area contributed by atoms with E-state index in [1.54, 1.807) is 0 Å². The Bertz CT molecular complexity index is 227. The maximum Gasteiger partial charge on any atom is 0.239 e. The number of nitrogens with one attached hydrogen (secondary N) is 2. The van der Waals surface area contributed by atoms with Crippen LogP contribution in [0.2, 0.25) is 0 Å². The van der Waals surface area contributed by atoms with Crippen LogP contribution in [0.25, 0.3) is 0 Å². The molecule has 19 heavy (non-hydrogen) atoms. The molecule has 3 heteroatoms. The van der Waals surface area contributed by atoms with E-state index in [0.29, 0.717) is 0 Å². The number of hydrogen-bond acceptors (Lipinski definition) is 2. The van der Waals surface area contributed by atoms with Crippen molar-refractivity contribution in [2.24, 2.45) is 0 Å². The zero-order valence-corrected chi connectivity index (χ0v) is 13.5. The molecule has 0 saturated heterocycles. The van der Waals surface area contributed by atoms with Crippen LogP contribution in [-0.4, -0.2) is 24.5 Å². The first-order chi connectivity index (χ1) is 9.04. The molecule has 0 fully saturated rings. The Balaban J connectivity index is 3.41. The Morgan fingerprint density at radius 2 is 1.42 bits per heavy atom. The Hall–Kier alpha value is -0.570. The van der Waals surface area contributed by atoms with Gasteiger partial charge in [-0.15, -0.1) is 0 Å². The number of likely N-dealkylation sites (N-methyl/N-ethyl adjacent to an activating group) is 1. The second-order valence-corrected chi connectivity index (χ2v) is 5.89. The highest BCUT2D eigenvalue weighted by molar-refractivity contribution is 5.85. The van der Waals surface area contributed by atoms with Gasteiger partial charge >= 0.3 is 0 Å². The molecule has 0 radical (unpaired) electrons. The van der Waals surface area contributed by atoms with E-state index in [1.807, 2.05) is 20.8 Å². The number of rotatable bonds is 12. The van der Waals surface area contributed by atoms with Gasteiger partial charge in [-0.3, -0.25) is 4.79 Å². The molecular weight excluding hydrogens is 236 g/mol. The van der Waals surface area contributed by atoms with Gasteiger partial charge in [0, 0.05) is 6.54 Å². The highest BCUT2D eigenvalue weighted by atomic mass is 16.2. The maximum absolute atomic E-state index is 11.9. The summed E-state index contributed by atoms with van der Waals surface area (Å²) in [7, 11) is 0. The molecule has 0 saturated carbocycles. The fraction of sp³-hybridized carbons (Fsp3) is 0.938. The molecule has 0 unspecified atom stereocenters. The van der Waals surface area contributed by atoms with Gasteiger partial charge in [-0.05, 0) is 26.8 Å². The molecule has 0 atom stereocenters. The van der Waals surface area contributed by atoms with Crippen molar-refractivity contribution in [2.45, 2.75) is 84.6 Å². The van der Waals surface area contributed by atoms with Gasteiger partial charge in [0.05, 0.1) is 5.54 Å². The molecular formula is C16H34N2O. The fourth-order valence-electron chi connectivity index (χ4n) is 2.20. The zero-order valence-electron chi connectivity index (χ0n) is 13.5. The summed E-state index contributed by atoms with van der Waals surface area (Å²) in [6.45, 7) is 9.76. The summed E-state index contributed by atoms with van der Waals surface area (Å²) in [5.41, 5.74) is -0.450. The predicted molar refractivity (Wildman–Crippen MR) is 83.4 cm³/mol. The van der Waals surface area contributed by atoms with Crippen LogP contribution in [0, 0.1) is 0 Å². The fourth-order valence-corrected chi connectivity index (χ4v) is 2.20. The van der Waals surface area contributed by atoms with Crippen LogP contribution in [0.15, 0.2) is 0 Å². The van der Waals surface area contributed by atoms with E-state index in [-0.39, 0.29) is 5.91 Å². The van der Waals surface area contributed by atoms with Crippen molar-refractivity contribution in [3.63, 3.8) is 0 Å². The van der Waals surface area contributed by atoms with E-state index in [4.69, 9.17) is 0 Å². The third-order valence-corrected chi connectivity index (χ3v) is 3.50. The first-order valence-corrected chi connectivity index (χ1v) is 8.08. The highest BCUT2D eigenvalue weighted by Gasteiger charge is 2.25. The normalized spacial score (nSPS) is 11.6. The van der Waals surface area contributed by atoms with Gasteiger partial charge < -0.3 is 10.6 Å². The maximum atomic E-state index is 11.9. The van der Waals surface area contributed by atoms with Crippen LogP contribution in [-0.2, 0) is 4.79 Å². The van der Waals surface area contributed by atoms with Crippen LogP contribution < -0.4 is 10.6 Å². The van der Waals surface area contributed by atoms with E-state index in [0.717, 1.165) is 19.5 Å². The van der Waals surface area contributed by atoms with Gasteiger partial charge in [0.15, 0.2) is 0 Å². The molecule has 3 nitrogen and oxygen atoms in total. The average molecular weight is 270 g/mol. The van der Waals surface area contributed by atoms with E-state index < -0.39 is 5.54 Å². The van der Waals surface area contributed by atoms with Gasteiger partial charge in [-0.25, -0.2) is 0 Å². The lowest BCUT2D eigenvalue weighted by molar-refractivity contribution is -0.126. The quantitative estimate of drug-likeness (QED) is 0.532. The smallest absolute Gasteiger partial charge is 0.239 e. The van der Waals surface area contributed by atoms with Crippen molar-refractivity contribution >= 4 is 5.91 Å². The largest absolute Gasteiger partial charge is 0.355 e. The lowest BCUT2D eigenvalue weighted by Crippen LogP contribution is -2.52. The predicted octanol–water partition coefficient (Wildman–Crippen LogP) is 3.63. The monoisotopic (exact) mass is 270 g/mol. The third kappa shape index (κ3) is 9.94. The van der Waals surface area contributed by atoms with Crippen LogP contribution in [0.3, 0.4) is 0 Å². The molecule has 0 aromatic heterocycles. The summed E-state index contributed by atoms with van der Waals surface area (Å²) in [6, 6.07) is 0. The molecule has 0 bridgehead atoms. The van der Waals surface area contributed by atoms with Crippen molar-refractivity contribution in [3.05, 3.63) is 0 Å². The second kappa shape index (κ2) is 11.3. The van der Waals surface area contributed by atoms with Crippen molar-refractivity contribution in [2.75, 3.05) is 13.1 Å². The van der Waals surface area contributed by atoms with Gasteiger partial charge in [0.2, 0.25) is 5.91 Å². The van der Waals surface area contributed by atoms with Gasteiger partial charge in [0.25, 0.3) is 0 Å². The second-order valence-electron chi connectivity index (χ2n) is 5.89. The minimum atomic E-state index is -0.450. The molecule has 0 heterocycles. The molecule has 0 rings (SSSR count). The minimum absolute atomic E-state index is 0.109. The van der Waals surface area contributed by atoms with Crippen LogP contribution in [0.1, 0.15) is 79.1 Å². The third-order valence-electron chi connectivity index (χ3n) is 3.50. The van der Waals surface area contributed by atoms with Gasteiger partial charge in [0.1, 0.15) is 0 Å². The Kier molecular flexibility index (Phi) is 10.9. The standard InChI is InChI=1S/C16H34N2O/c1-5-7-8-9-10-11-12-13-14-17-15(19)16(3,4)18-6-2/h18H,5-14H2,1-4H3,(H,17,19).